The molecule has 13 heteroatoms. The van der Waals surface area contributed by atoms with E-state index in [4.69, 9.17) is 0 Å². The number of benzene rings is 1. The van der Waals surface area contributed by atoms with Crippen LogP contribution in [0.25, 0.3) is 28.2 Å². The molecule has 11 nitrogen and oxygen atoms in total. The number of phenolic OH excluding ortho intramolecular Hbond substituents is 1. The Bertz CT molecular complexity index is 1330. The molecule has 0 atom stereocenters. The van der Waals surface area contributed by atoms with Crippen molar-refractivity contribution in [3.63, 3.8) is 0 Å². The molecule has 5 rings (SSSR count). The summed E-state index contributed by atoms with van der Waals surface area (Å²) in [4.78, 5) is 6.66. The average Bonchev–Trinajstić information content (AvgIpc) is 3.24. The van der Waals surface area contributed by atoms with Crippen molar-refractivity contribution >= 4 is 36.4 Å². The van der Waals surface area contributed by atoms with Gasteiger partial charge in [-0.2, -0.15) is 0 Å². The van der Waals surface area contributed by atoms with Gasteiger partial charge < -0.3 is 15.3 Å². The van der Waals surface area contributed by atoms with E-state index in [1.54, 1.807) is 30.5 Å². The molecule has 0 amide bonds. The van der Waals surface area contributed by atoms with E-state index in [1.165, 1.54) is 4.63 Å². The lowest BCUT2D eigenvalue weighted by atomic mass is 9.79. The van der Waals surface area contributed by atoms with Crippen molar-refractivity contribution in [3.8, 4) is 28.3 Å². The maximum Gasteiger partial charge on any atom is 0.245 e. The zero-order valence-electron chi connectivity index (χ0n) is 20.7. The van der Waals surface area contributed by atoms with Gasteiger partial charge in [-0.25, -0.2) is 4.98 Å². The van der Waals surface area contributed by atoms with Gasteiger partial charge in [-0.3, -0.25) is 0 Å². The smallest absolute Gasteiger partial charge is 0.245 e. The minimum atomic E-state index is 0. The first-order valence-electron chi connectivity index (χ1n) is 11.2. The SMILES string of the molecule is CN(c1ncc(-c2ccc(-c3ccc4nnnn4n3)cc2O)nn1)C1CC(C)(C)NC(C)(C)C1.Cl.Cl. The highest BCUT2D eigenvalue weighted by molar-refractivity contribution is 5.85. The highest BCUT2D eigenvalue weighted by Crippen LogP contribution is 2.34. The molecule has 0 saturated carbocycles. The van der Waals surface area contributed by atoms with Crippen molar-refractivity contribution in [2.75, 3.05) is 11.9 Å². The maximum absolute atomic E-state index is 10.7. The predicted molar refractivity (Wildman–Crippen MR) is 142 cm³/mol. The highest BCUT2D eigenvalue weighted by Gasteiger charge is 2.39. The normalized spacial score (nSPS) is 16.7. The Hall–Kier alpha value is -3.15. The fourth-order valence-corrected chi connectivity index (χ4v) is 4.97. The van der Waals surface area contributed by atoms with E-state index >= 15 is 0 Å². The summed E-state index contributed by atoms with van der Waals surface area (Å²) in [5, 5.41) is 38.7. The molecule has 192 valence electrons. The Kier molecular flexibility index (Phi) is 7.68. The molecule has 1 aliphatic rings. The minimum Gasteiger partial charge on any atom is -0.507 e. The van der Waals surface area contributed by atoms with Gasteiger partial charge in [-0.15, -0.1) is 49.8 Å². The molecule has 0 spiro atoms. The van der Waals surface area contributed by atoms with Crippen molar-refractivity contribution in [3.05, 3.63) is 36.5 Å². The van der Waals surface area contributed by atoms with E-state index < -0.39 is 0 Å². The van der Waals surface area contributed by atoms with Crippen molar-refractivity contribution in [2.24, 2.45) is 0 Å². The number of aromatic nitrogens is 8. The zero-order valence-corrected chi connectivity index (χ0v) is 22.4. The molecule has 1 saturated heterocycles. The van der Waals surface area contributed by atoms with E-state index in [2.05, 4.69) is 73.7 Å². The molecule has 0 bridgehead atoms. The fourth-order valence-electron chi connectivity index (χ4n) is 4.97. The van der Waals surface area contributed by atoms with Crippen molar-refractivity contribution in [2.45, 2.75) is 57.7 Å². The third-order valence-corrected chi connectivity index (χ3v) is 6.22. The summed E-state index contributed by atoms with van der Waals surface area (Å²) in [6, 6.07) is 9.13. The lowest BCUT2D eigenvalue weighted by Gasteiger charge is -2.48. The van der Waals surface area contributed by atoms with Gasteiger partial charge in [0.2, 0.25) is 5.95 Å². The van der Waals surface area contributed by atoms with Gasteiger partial charge in [0.05, 0.1) is 11.9 Å². The number of fused-ring (bicyclic) bond motifs is 1. The molecule has 3 aromatic heterocycles. The summed E-state index contributed by atoms with van der Waals surface area (Å²) >= 11 is 0. The first kappa shape index (κ1) is 27.4. The molecule has 1 fully saturated rings. The van der Waals surface area contributed by atoms with Crippen LogP contribution in [0.2, 0.25) is 0 Å². The second-order valence-electron chi connectivity index (χ2n) is 10.2. The number of hydrogen-bond donors (Lipinski definition) is 2. The quantitative estimate of drug-likeness (QED) is 0.403. The van der Waals surface area contributed by atoms with Gasteiger partial charge >= 0.3 is 0 Å². The van der Waals surface area contributed by atoms with Crippen LogP contribution in [0.3, 0.4) is 0 Å². The summed E-state index contributed by atoms with van der Waals surface area (Å²) in [7, 11) is 2.01. The summed E-state index contributed by atoms with van der Waals surface area (Å²) in [5.41, 5.74) is 2.99. The summed E-state index contributed by atoms with van der Waals surface area (Å²) < 4.78 is 1.34. The number of anilines is 1. The average molecular weight is 533 g/mol. The molecule has 0 radical (unpaired) electrons. The maximum atomic E-state index is 10.7. The van der Waals surface area contributed by atoms with E-state index in [0.717, 1.165) is 18.4 Å². The zero-order chi connectivity index (χ0) is 24.1. The molecule has 1 aliphatic heterocycles. The summed E-state index contributed by atoms with van der Waals surface area (Å²) in [6.07, 6.45) is 3.60. The van der Waals surface area contributed by atoms with Crippen LogP contribution in [0.15, 0.2) is 36.5 Å². The van der Waals surface area contributed by atoms with Crippen molar-refractivity contribution in [1.29, 1.82) is 0 Å². The summed E-state index contributed by atoms with van der Waals surface area (Å²) in [5.74, 6) is 0.632. The van der Waals surface area contributed by atoms with Crippen LogP contribution in [0.5, 0.6) is 5.75 Å². The van der Waals surface area contributed by atoms with Gasteiger partial charge in [0.15, 0.2) is 5.65 Å². The molecule has 4 heterocycles. The first-order valence-corrected chi connectivity index (χ1v) is 11.2. The second kappa shape index (κ2) is 10.1. The van der Waals surface area contributed by atoms with Gasteiger partial charge in [0.1, 0.15) is 11.4 Å². The van der Waals surface area contributed by atoms with Crippen LogP contribution in [0, 0.1) is 0 Å². The Morgan fingerprint density at radius 1 is 0.972 bits per heavy atom. The van der Waals surface area contributed by atoms with Gasteiger partial charge in [-0.05, 0) is 75.2 Å². The highest BCUT2D eigenvalue weighted by atomic mass is 35.5. The third-order valence-electron chi connectivity index (χ3n) is 6.22. The lowest BCUT2D eigenvalue weighted by Crippen LogP contribution is -2.62. The molecule has 1 aromatic carbocycles. The van der Waals surface area contributed by atoms with Crippen LogP contribution in [0.1, 0.15) is 40.5 Å². The van der Waals surface area contributed by atoms with E-state index in [-0.39, 0.29) is 47.7 Å². The topological polar surface area (TPSA) is 130 Å². The Morgan fingerprint density at radius 3 is 2.33 bits per heavy atom. The molecule has 0 aliphatic carbocycles. The van der Waals surface area contributed by atoms with E-state index in [9.17, 15) is 5.11 Å². The molecule has 2 N–H and O–H groups in total. The van der Waals surface area contributed by atoms with Crippen LogP contribution in [-0.4, -0.2) is 69.7 Å². The molecule has 4 aromatic rings. The van der Waals surface area contributed by atoms with Crippen molar-refractivity contribution < 1.29 is 5.11 Å². The predicted octanol–water partition coefficient (Wildman–Crippen LogP) is 3.33. The number of halogens is 2. The molecule has 36 heavy (non-hydrogen) atoms. The second-order valence-corrected chi connectivity index (χ2v) is 10.2. The van der Waals surface area contributed by atoms with E-state index in [1.807, 2.05) is 13.1 Å². The first-order chi connectivity index (χ1) is 16.1. The fraction of sp³-hybridized carbons (Fsp3) is 0.435. The van der Waals surface area contributed by atoms with Gasteiger partial charge in [-0.1, -0.05) is 6.07 Å². The molecular formula is C23H30Cl2N10O. The standard InChI is InChI=1S/C23H28N10O.2ClH/c1-22(2)11-15(12-23(3,4)29-22)32(5)21-24-13-18(25-27-21)16-7-6-14(10-19(16)34)17-8-9-20-26-30-31-33(20)28-17;;/h6-10,13,15,29,34H,11-12H2,1-5H3;2*1H. The summed E-state index contributed by atoms with van der Waals surface area (Å²) in [6.45, 7) is 8.89. The molecule has 0 unspecified atom stereocenters. The number of nitrogens with zero attached hydrogens (tertiary/aromatic N) is 9. The Morgan fingerprint density at radius 2 is 1.69 bits per heavy atom. The van der Waals surface area contributed by atoms with Gasteiger partial charge in [0.25, 0.3) is 0 Å². The number of tetrazole rings is 1. The lowest BCUT2D eigenvalue weighted by molar-refractivity contribution is 0.160. The monoisotopic (exact) mass is 532 g/mol. The van der Waals surface area contributed by atoms with Gasteiger partial charge in [0, 0.05) is 35.3 Å². The largest absolute Gasteiger partial charge is 0.507 e. The Labute approximate surface area is 221 Å². The van der Waals surface area contributed by atoms with Crippen LogP contribution in [-0.2, 0) is 0 Å². The number of aromatic hydroxyl groups is 1. The number of rotatable bonds is 4. The van der Waals surface area contributed by atoms with E-state index in [0.29, 0.717) is 28.5 Å². The van der Waals surface area contributed by atoms with Crippen LogP contribution >= 0.6 is 24.8 Å². The number of phenols is 1. The third kappa shape index (κ3) is 5.48. The van der Waals surface area contributed by atoms with Crippen LogP contribution in [0.4, 0.5) is 5.95 Å². The number of nitrogens with one attached hydrogen (secondary N) is 1. The number of piperidine rings is 1. The minimum absolute atomic E-state index is 0. The molecular weight excluding hydrogens is 503 g/mol. The van der Waals surface area contributed by atoms with Crippen LogP contribution < -0.4 is 10.2 Å². The van der Waals surface area contributed by atoms with Crippen molar-refractivity contribution in [1.82, 2.24) is 45.8 Å². The Balaban J connectivity index is 0.00000180. The number of hydrogen-bond acceptors (Lipinski definition) is 10.